The number of halogens is 1. The molecular weight excluding hydrogens is 314 g/mol. The van der Waals surface area contributed by atoms with Gasteiger partial charge >= 0.3 is 0 Å². The van der Waals surface area contributed by atoms with E-state index in [4.69, 9.17) is 16.9 Å². The van der Waals surface area contributed by atoms with Gasteiger partial charge in [0.15, 0.2) is 0 Å². The summed E-state index contributed by atoms with van der Waals surface area (Å²) < 4.78 is 0. The lowest BCUT2D eigenvalue weighted by atomic mass is 10.1. The minimum atomic E-state index is -0.0290. The van der Waals surface area contributed by atoms with Gasteiger partial charge in [0.2, 0.25) is 0 Å². The van der Waals surface area contributed by atoms with Crippen LogP contribution in [0.25, 0.3) is 0 Å². The third kappa shape index (κ3) is 3.28. The standard InChI is InChI=1S/C17H12ClN3S/c18-13-8-6-12(7-9-13)17(15-4-2-10-22-15)21-16-5-1-3-14(11-19)20-16/h1-10,17H,(H,20,21). The van der Waals surface area contributed by atoms with Crippen molar-refractivity contribution >= 4 is 28.8 Å². The molecule has 2 aromatic heterocycles. The van der Waals surface area contributed by atoms with E-state index < -0.39 is 0 Å². The summed E-state index contributed by atoms with van der Waals surface area (Å²) >= 11 is 7.65. The molecule has 1 unspecified atom stereocenters. The number of thiophene rings is 1. The summed E-state index contributed by atoms with van der Waals surface area (Å²) in [6.45, 7) is 0. The van der Waals surface area contributed by atoms with E-state index in [9.17, 15) is 0 Å². The molecule has 1 atom stereocenters. The van der Waals surface area contributed by atoms with Crippen molar-refractivity contribution in [3.05, 3.63) is 81.1 Å². The lowest BCUT2D eigenvalue weighted by molar-refractivity contribution is 0.948. The van der Waals surface area contributed by atoms with E-state index in [-0.39, 0.29) is 6.04 Å². The lowest BCUT2D eigenvalue weighted by Crippen LogP contribution is -2.12. The highest BCUT2D eigenvalue weighted by molar-refractivity contribution is 7.10. The molecule has 0 spiro atoms. The Kier molecular flexibility index (Phi) is 4.38. The van der Waals surface area contributed by atoms with Crippen LogP contribution in [-0.2, 0) is 0 Å². The highest BCUT2D eigenvalue weighted by Crippen LogP contribution is 2.30. The van der Waals surface area contributed by atoms with Crippen molar-refractivity contribution in [2.24, 2.45) is 0 Å². The van der Waals surface area contributed by atoms with Crippen LogP contribution in [0.15, 0.2) is 60.0 Å². The molecule has 0 aliphatic heterocycles. The molecule has 0 fully saturated rings. The zero-order chi connectivity index (χ0) is 15.4. The second kappa shape index (κ2) is 6.61. The molecule has 0 amide bonds. The Morgan fingerprint density at radius 3 is 2.59 bits per heavy atom. The second-order valence-electron chi connectivity index (χ2n) is 4.66. The Balaban J connectivity index is 1.95. The summed E-state index contributed by atoms with van der Waals surface area (Å²) in [6, 6.07) is 19.2. The van der Waals surface area contributed by atoms with Crippen molar-refractivity contribution in [1.29, 1.82) is 5.26 Å². The van der Waals surface area contributed by atoms with Crippen molar-refractivity contribution in [1.82, 2.24) is 4.98 Å². The molecule has 0 saturated heterocycles. The highest BCUT2D eigenvalue weighted by Gasteiger charge is 2.15. The van der Waals surface area contributed by atoms with Gasteiger partial charge in [-0.15, -0.1) is 11.3 Å². The van der Waals surface area contributed by atoms with Crippen molar-refractivity contribution in [3.8, 4) is 6.07 Å². The average molecular weight is 326 g/mol. The van der Waals surface area contributed by atoms with Gasteiger partial charge in [0.1, 0.15) is 17.6 Å². The number of aromatic nitrogens is 1. The third-order valence-corrected chi connectivity index (χ3v) is 4.38. The smallest absolute Gasteiger partial charge is 0.142 e. The largest absolute Gasteiger partial charge is 0.358 e. The lowest BCUT2D eigenvalue weighted by Gasteiger charge is -2.19. The van der Waals surface area contributed by atoms with E-state index in [0.717, 1.165) is 5.56 Å². The van der Waals surface area contributed by atoms with Gasteiger partial charge in [0.25, 0.3) is 0 Å². The zero-order valence-corrected chi connectivity index (χ0v) is 13.1. The first-order valence-corrected chi connectivity index (χ1v) is 7.94. The monoisotopic (exact) mass is 325 g/mol. The molecule has 0 aliphatic rings. The van der Waals surface area contributed by atoms with Crippen LogP contribution in [0, 0.1) is 11.3 Å². The Morgan fingerprint density at radius 1 is 1.09 bits per heavy atom. The summed E-state index contributed by atoms with van der Waals surface area (Å²) in [5.41, 5.74) is 1.49. The van der Waals surface area contributed by atoms with Crippen molar-refractivity contribution in [2.75, 3.05) is 5.32 Å². The predicted molar refractivity (Wildman–Crippen MR) is 90.2 cm³/mol. The number of nitriles is 1. The first-order valence-electron chi connectivity index (χ1n) is 6.69. The molecule has 2 heterocycles. The number of nitrogens with one attached hydrogen (secondary N) is 1. The van der Waals surface area contributed by atoms with Gasteiger partial charge in [0, 0.05) is 9.90 Å². The SMILES string of the molecule is N#Cc1cccc(NC(c2ccc(Cl)cc2)c2cccs2)n1. The molecule has 22 heavy (non-hydrogen) atoms. The Labute approximate surface area is 137 Å². The van der Waals surface area contributed by atoms with Gasteiger partial charge in [-0.25, -0.2) is 4.98 Å². The van der Waals surface area contributed by atoms with Crippen LogP contribution in [0.5, 0.6) is 0 Å². The number of pyridine rings is 1. The summed E-state index contributed by atoms with van der Waals surface area (Å²) in [4.78, 5) is 5.46. The molecule has 0 saturated carbocycles. The fourth-order valence-electron chi connectivity index (χ4n) is 2.15. The number of hydrogen-bond donors (Lipinski definition) is 1. The fraction of sp³-hybridized carbons (Fsp3) is 0.0588. The maximum absolute atomic E-state index is 8.97. The Morgan fingerprint density at radius 2 is 1.91 bits per heavy atom. The van der Waals surface area contributed by atoms with E-state index in [1.165, 1.54) is 4.88 Å². The van der Waals surface area contributed by atoms with E-state index in [1.807, 2.05) is 47.8 Å². The molecule has 3 rings (SSSR count). The third-order valence-electron chi connectivity index (χ3n) is 3.19. The van der Waals surface area contributed by atoms with E-state index >= 15 is 0 Å². The molecule has 108 valence electrons. The second-order valence-corrected chi connectivity index (χ2v) is 6.08. The molecule has 0 aliphatic carbocycles. The van der Waals surface area contributed by atoms with Crippen LogP contribution in [0.1, 0.15) is 22.2 Å². The van der Waals surface area contributed by atoms with E-state index in [0.29, 0.717) is 16.5 Å². The van der Waals surface area contributed by atoms with Crippen LogP contribution in [-0.4, -0.2) is 4.98 Å². The minimum absolute atomic E-state index is 0.0290. The number of hydrogen-bond acceptors (Lipinski definition) is 4. The van der Waals surface area contributed by atoms with Crippen molar-refractivity contribution in [2.45, 2.75) is 6.04 Å². The van der Waals surface area contributed by atoms with Crippen LogP contribution in [0.3, 0.4) is 0 Å². The Bertz CT molecular complexity index is 792. The van der Waals surface area contributed by atoms with Gasteiger partial charge in [-0.05, 0) is 41.3 Å². The van der Waals surface area contributed by atoms with E-state index in [2.05, 4.69) is 22.4 Å². The number of rotatable bonds is 4. The zero-order valence-electron chi connectivity index (χ0n) is 11.5. The Hall–Kier alpha value is -2.35. The summed E-state index contributed by atoms with van der Waals surface area (Å²) in [7, 11) is 0. The van der Waals surface area contributed by atoms with Crippen LogP contribution in [0.2, 0.25) is 5.02 Å². The van der Waals surface area contributed by atoms with Crippen LogP contribution >= 0.6 is 22.9 Å². The maximum atomic E-state index is 8.97. The highest BCUT2D eigenvalue weighted by atomic mass is 35.5. The van der Waals surface area contributed by atoms with Crippen molar-refractivity contribution < 1.29 is 0 Å². The van der Waals surface area contributed by atoms with Crippen LogP contribution < -0.4 is 5.32 Å². The maximum Gasteiger partial charge on any atom is 0.142 e. The normalized spacial score (nSPS) is 11.6. The minimum Gasteiger partial charge on any atom is -0.358 e. The van der Waals surface area contributed by atoms with Gasteiger partial charge in [0.05, 0.1) is 6.04 Å². The number of benzene rings is 1. The first kappa shape index (κ1) is 14.6. The molecule has 1 N–H and O–H groups in total. The molecule has 3 nitrogen and oxygen atoms in total. The summed E-state index contributed by atoms with van der Waals surface area (Å²) in [5.74, 6) is 0.674. The molecule has 0 bridgehead atoms. The first-order chi connectivity index (χ1) is 10.8. The molecular formula is C17H12ClN3S. The summed E-state index contributed by atoms with van der Waals surface area (Å²) in [6.07, 6.45) is 0. The van der Waals surface area contributed by atoms with Crippen LogP contribution in [0.4, 0.5) is 5.82 Å². The quantitative estimate of drug-likeness (QED) is 0.744. The van der Waals surface area contributed by atoms with E-state index in [1.54, 1.807) is 17.4 Å². The fourth-order valence-corrected chi connectivity index (χ4v) is 3.08. The van der Waals surface area contributed by atoms with Gasteiger partial charge < -0.3 is 5.32 Å². The molecule has 3 aromatic rings. The van der Waals surface area contributed by atoms with Gasteiger partial charge in [-0.1, -0.05) is 35.9 Å². The van der Waals surface area contributed by atoms with Gasteiger partial charge in [-0.3, -0.25) is 0 Å². The number of nitrogens with zero attached hydrogens (tertiary/aromatic N) is 2. The average Bonchev–Trinajstić information content (AvgIpc) is 3.08. The predicted octanol–water partition coefficient (Wildman–Crippen LogP) is 4.87. The molecule has 0 radical (unpaired) electrons. The number of anilines is 1. The summed E-state index contributed by atoms with van der Waals surface area (Å²) in [5, 5.41) is 15.1. The molecule has 1 aromatic carbocycles. The van der Waals surface area contributed by atoms with Gasteiger partial charge in [-0.2, -0.15) is 5.26 Å². The topological polar surface area (TPSA) is 48.7 Å². The molecule has 5 heteroatoms. The van der Waals surface area contributed by atoms with Crippen molar-refractivity contribution in [3.63, 3.8) is 0 Å².